The first-order chi connectivity index (χ1) is 37.2. The number of fused-ring (bicyclic) bond motifs is 7. The zero-order chi connectivity index (χ0) is 55.3. The average Bonchev–Trinajstić information content (AvgIpc) is 4.19. The van der Waals surface area contributed by atoms with Crippen LogP contribution in [0.1, 0.15) is 52.2 Å². The molecule has 2 aliphatic rings. The van der Waals surface area contributed by atoms with E-state index in [0.29, 0.717) is 45.4 Å². The van der Waals surface area contributed by atoms with Gasteiger partial charge in [0.25, 0.3) is 11.4 Å². The number of halogens is 4. The molecule has 0 radical (unpaired) electrons. The van der Waals surface area contributed by atoms with Gasteiger partial charge in [-0.2, -0.15) is 0 Å². The Hall–Kier alpha value is -5.84. The second-order valence-corrected chi connectivity index (χ2v) is 20.2. The fraction of sp³-hybridized carbons (Fsp3) is 0.200. The molecule has 18 heteroatoms. The lowest BCUT2D eigenvalue weighted by atomic mass is 9.77. The molecule has 11 rings (SSSR count). The number of benzene rings is 9. The summed E-state index contributed by atoms with van der Waals surface area (Å²) in [5.41, 5.74) is 7.45. The van der Waals surface area contributed by atoms with Crippen molar-refractivity contribution in [1.82, 2.24) is 0 Å². The van der Waals surface area contributed by atoms with E-state index in [-0.39, 0.29) is 23.7 Å². The summed E-state index contributed by atoms with van der Waals surface area (Å²) in [7, 11) is -2.46. The first-order valence-electron chi connectivity index (χ1n) is 24.7. The molecule has 406 valence electrons. The highest BCUT2D eigenvalue weighted by molar-refractivity contribution is 9.10. The van der Waals surface area contributed by atoms with E-state index in [4.69, 9.17) is 63.2 Å². The second kappa shape index (κ2) is 32.3. The lowest BCUT2D eigenvalue weighted by Gasteiger charge is -2.12. The van der Waals surface area contributed by atoms with Gasteiger partial charge in [-0.3, -0.25) is 20.2 Å². The van der Waals surface area contributed by atoms with E-state index in [1.54, 1.807) is 12.1 Å². The van der Waals surface area contributed by atoms with Crippen LogP contribution in [0, 0.1) is 20.2 Å². The molecular formula is C60H60BBrCl3N2O10P. The molecule has 0 unspecified atom stereocenters. The number of hydrogen-bond donors (Lipinski definition) is 2. The number of nitrogens with zero attached hydrogens (tertiary/aromatic N) is 2. The third kappa shape index (κ3) is 17.8. The van der Waals surface area contributed by atoms with Crippen molar-refractivity contribution >= 4 is 116 Å². The Morgan fingerprint density at radius 2 is 1.01 bits per heavy atom. The predicted octanol–water partition coefficient (Wildman–Crippen LogP) is 17.4. The van der Waals surface area contributed by atoms with Crippen molar-refractivity contribution < 1.29 is 38.2 Å². The van der Waals surface area contributed by atoms with Crippen LogP contribution >= 0.6 is 59.3 Å². The summed E-state index contributed by atoms with van der Waals surface area (Å²) in [5.74, 6) is 0. The fourth-order valence-corrected chi connectivity index (χ4v) is 10.3. The van der Waals surface area contributed by atoms with Crippen LogP contribution in [0.3, 0.4) is 0 Å². The topological polar surface area (TPSA) is 164 Å². The van der Waals surface area contributed by atoms with Crippen molar-refractivity contribution in [3.05, 3.63) is 227 Å². The van der Waals surface area contributed by atoms with Gasteiger partial charge >= 0.3 is 15.7 Å². The summed E-state index contributed by atoms with van der Waals surface area (Å²) >= 11 is 20.7. The van der Waals surface area contributed by atoms with E-state index in [9.17, 15) is 20.2 Å². The molecule has 0 atom stereocenters. The van der Waals surface area contributed by atoms with Crippen molar-refractivity contribution in [3.63, 3.8) is 0 Å². The fourth-order valence-electron chi connectivity index (χ4n) is 8.31. The molecule has 9 aromatic rings. The Morgan fingerprint density at radius 1 is 0.551 bits per heavy atom. The van der Waals surface area contributed by atoms with Crippen LogP contribution in [-0.4, -0.2) is 60.0 Å². The van der Waals surface area contributed by atoms with Crippen LogP contribution in [0.15, 0.2) is 180 Å². The van der Waals surface area contributed by atoms with Gasteiger partial charge in [0, 0.05) is 40.4 Å². The number of hydrogen-bond acceptors (Lipinski definition) is 10. The second-order valence-electron chi connectivity index (χ2n) is 16.8. The van der Waals surface area contributed by atoms with E-state index >= 15 is 0 Å². The Morgan fingerprint density at radius 3 is 1.55 bits per heavy atom. The van der Waals surface area contributed by atoms with Crippen LogP contribution in [0.2, 0.25) is 15.1 Å². The van der Waals surface area contributed by atoms with Crippen molar-refractivity contribution in [2.45, 2.75) is 47.5 Å². The molecule has 0 saturated carbocycles. The molecule has 2 N–H and O–H groups in total. The minimum Gasteiger partial charge on any atom is -0.423 e. The maximum Gasteiger partial charge on any atom is 0.489 e. The van der Waals surface area contributed by atoms with Gasteiger partial charge in [-0.05, 0) is 158 Å². The molecular weight excluding hydrogens is 1140 g/mol. The van der Waals surface area contributed by atoms with E-state index in [0.717, 1.165) is 51.8 Å². The number of nitro groups is 2. The highest BCUT2D eigenvalue weighted by Gasteiger charge is 2.21. The highest BCUT2D eigenvalue weighted by Crippen LogP contribution is 2.43. The van der Waals surface area contributed by atoms with Gasteiger partial charge < -0.3 is 28.4 Å². The average molecular weight is 1200 g/mol. The number of nitro benzene ring substituents is 2. The lowest BCUT2D eigenvalue weighted by molar-refractivity contribution is -0.385. The molecule has 1 heterocycles. The van der Waals surface area contributed by atoms with Crippen LogP contribution in [0.4, 0.5) is 11.4 Å². The Bertz CT molecular complexity index is 3380. The third-order valence-corrected chi connectivity index (χ3v) is 14.5. The van der Waals surface area contributed by atoms with Gasteiger partial charge in [0.2, 0.25) is 0 Å². The Kier molecular flexibility index (Phi) is 26.1. The Labute approximate surface area is 480 Å². The molecule has 9 aromatic carbocycles. The van der Waals surface area contributed by atoms with Crippen molar-refractivity contribution in [1.29, 1.82) is 0 Å². The van der Waals surface area contributed by atoms with Gasteiger partial charge in [-0.1, -0.05) is 170 Å². The summed E-state index contributed by atoms with van der Waals surface area (Å²) in [4.78, 5) is 20.6. The summed E-state index contributed by atoms with van der Waals surface area (Å²) < 4.78 is 20.8. The quantitative estimate of drug-likeness (QED) is 0.0583. The normalized spacial score (nSPS) is 11.6. The van der Waals surface area contributed by atoms with Crippen LogP contribution in [0.25, 0.3) is 54.6 Å². The summed E-state index contributed by atoms with van der Waals surface area (Å²) in [6.07, 6.45) is 3.58. The predicted molar refractivity (Wildman–Crippen MR) is 326 cm³/mol. The minimum absolute atomic E-state index is 0. The summed E-state index contributed by atoms with van der Waals surface area (Å²) in [5, 5.41) is 47.9. The molecule has 0 amide bonds. The maximum absolute atomic E-state index is 11.2. The monoisotopic (exact) mass is 1190 g/mol. The standard InChI is InChI=1S/C17H11Cl.C16H10ClNO2.C10H9BO2.C6H3BrClNO2.C6H15O3P.C4H8O.CH4/c18-14-8-7-12-9-13-6-5-11-3-1-2-4-15(11)17(13)16(12)10-14;17-12-8-9-16(18(19)20)15(10-12)14-7-3-5-11-4-1-2-6-13(11)14;12-11(13)10-7-3-5-8-4-1-2-6-9(8)10;7-5-3-4(8)1-2-6(5)9(10)11;1-4-7-10(8-5-2)9-6-3;1-2-4-5-3-1;/h1-8,10H,9H2;1-10H;1-7,12-13H;1-3H;4-6H2,1-3H3;1-4H2;1H4. The summed E-state index contributed by atoms with van der Waals surface area (Å²) in [6, 6.07) is 54.8. The van der Waals surface area contributed by atoms with Gasteiger partial charge in [0.05, 0.1) is 39.7 Å². The number of ether oxygens (including phenoxy) is 1. The smallest absolute Gasteiger partial charge is 0.423 e. The van der Waals surface area contributed by atoms with Gasteiger partial charge in [0.15, 0.2) is 0 Å². The molecule has 0 aromatic heterocycles. The van der Waals surface area contributed by atoms with E-state index < -0.39 is 20.6 Å². The van der Waals surface area contributed by atoms with Crippen LogP contribution in [0.5, 0.6) is 0 Å². The van der Waals surface area contributed by atoms with E-state index in [2.05, 4.69) is 64.5 Å². The minimum atomic E-state index is -1.40. The number of rotatable bonds is 10. The SMILES string of the molecule is C.C1CCOC1.CCOP(OCC)OCC.Clc1ccc2c(c1)-c1c(ccc3ccccc13)C2.O=[N+]([O-])c1ccc(Cl)cc1-c1cccc2ccccc12.O=[N+]([O-])c1ccc(Cl)cc1Br.OB(O)c1cccc2ccccc12. The molecule has 0 spiro atoms. The molecule has 1 aliphatic heterocycles. The third-order valence-electron chi connectivity index (χ3n) is 11.7. The molecule has 1 fully saturated rings. The highest BCUT2D eigenvalue weighted by atomic mass is 79.9. The molecule has 1 saturated heterocycles. The van der Waals surface area contributed by atoms with Gasteiger partial charge in [0.1, 0.15) is 0 Å². The first kappa shape index (κ1) is 63.0. The first-order valence-corrected chi connectivity index (χ1v) is 27.7. The molecule has 78 heavy (non-hydrogen) atoms. The lowest BCUT2D eigenvalue weighted by Crippen LogP contribution is -2.30. The summed E-state index contributed by atoms with van der Waals surface area (Å²) in [6.45, 7) is 9.71. The molecule has 12 nitrogen and oxygen atoms in total. The Balaban J connectivity index is 0.000000179. The van der Waals surface area contributed by atoms with Crippen molar-refractivity contribution in [3.8, 4) is 22.3 Å². The zero-order valence-electron chi connectivity index (χ0n) is 42.5. The zero-order valence-corrected chi connectivity index (χ0v) is 47.2. The maximum atomic E-state index is 11.2. The van der Waals surface area contributed by atoms with Crippen LogP contribution in [-0.2, 0) is 24.7 Å². The van der Waals surface area contributed by atoms with Crippen molar-refractivity contribution in [2.75, 3.05) is 33.0 Å². The van der Waals surface area contributed by atoms with Gasteiger partial charge in [-0.25, -0.2) is 0 Å². The van der Waals surface area contributed by atoms with E-state index in [1.807, 2.05) is 106 Å². The van der Waals surface area contributed by atoms with Crippen LogP contribution < -0.4 is 5.46 Å². The largest absolute Gasteiger partial charge is 0.489 e. The van der Waals surface area contributed by atoms with Crippen molar-refractivity contribution in [2.24, 2.45) is 0 Å². The van der Waals surface area contributed by atoms with E-state index in [1.165, 1.54) is 76.2 Å². The molecule has 1 aliphatic carbocycles. The van der Waals surface area contributed by atoms with Gasteiger partial charge in [-0.15, -0.1) is 0 Å². The molecule has 0 bridgehead atoms.